The number of fused-ring (bicyclic) bond motifs is 15. The van der Waals surface area contributed by atoms with Gasteiger partial charge in [0.15, 0.2) is 0 Å². The molecule has 5 heteroatoms. The van der Waals surface area contributed by atoms with Crippen molar-refractivity contribution in [2.24, 2.45) is 0 Å². The lowest BCUT2D eigenvalue weighted by Gasteiger charge is -2.11. The summed E-state index contributed by atoms with van der Waals surface area (Å²) in [5.74, 6) is 0. The van der Waals surface area contributed by atoms with Crippen molar-refractivity contribution in [2.45, 2.75) is 0 Å². The fraction of sp³-hybridized carbons (Fsp3) is 0. The molecule has 0 aliphatic carbocycles. The van der Waals surface area contributed by atoms with Crippen LogP contribution in [0, 0.1) is 0 Å². The van der Waals surface area contributed by atoms with E-state index in [0.717, 1.165) is 55.5 Å². The molecule has 0 saturated heterocycles. The van der Waals surface area contributed by atoms with Crippen molar-refractivity contribution in [1.82, 2.24) is 23.5 Å². The van der Waals surface area contributed by atoms with E-state index in [4.69, 9.17) is 9.97 Å². The molecular formula is C42H25N5. The third kappa shape index (κ3) is 3.22. The van der Waals surface area contributed by atoms with Crippen molar-refractivity contribution < 1.29 is 0 Å². The molecule has 0 aliphatic rings. The second kappa shape index (κ2) is 9.05. The average Bonchev–Trinajstić information content (AvgIpc) is 3.79. The maximum Gasteiger partial charge on any atom is 0.147 e. The second-order valence-electron chi connectivity index (χ2n) is 12.3. The molecule has 0 radical (unpaired) electrons. The van der Waals surface area contributed by atoms with E-state index in [2.05, 4.69) is 153 Å². The van der Waals surface area contributed by atoms with E-state index < -0.39 is 0 Å². The summed E-state index contributed by atoms with van der Waals surface area (Å²) in [6.45, 7) is 0. The first kappa shape index (κ1) is 24.8. The van der Waals surface area contributed by atoms with Crippen LogP contribution in [0.2, 0.25) is 0 Å². The highest BCUT2D eigenvalue weighted by Crippen LogP contribution is 2.44. The molecule has 218 valence electrons. The van der Waals surface area contributed by atoms with E-state index >= 15 is 0 Å². The Morgan fingerprint density at radius 2 is 1.02 bits per heavy atom. The Morgan fingerprint density at radius 3 is 1.83 bits per heavy atom. The van der Waals surface area contributed by atoms with E-state index in [0.29, 0.717) is 0 Å². The van der Waals surface area contributed by atoms with Gasteiger partial charge in [0.2, 0.25) is 0 Å². The molecule has 6 aromatic carbocycles. The van der Waals surface area contributed by atoms with Crippen LogP contribution in [0.25, 0.3) is 93.5 Å². The predicted octanol–water partition coefficient (Wildman–Crippen LogP) is 10.4. The van der Waals surface area contributed by atoms with Gasteiger partial charge in [0.1, 0.15) is 11.3 Å². The third-order valence-corrected chi connectivity index (χ3v) is 9.82. The molecule has 0 unspecified atom stereocenters. The van der Waals surface area contributed by atoms with Crippen LogP contribution in [-0.2, 0) is 0 Å². The first-order chi connectivity index (χ1) is 23.3. The van der Waals surface area contributed by atoms with Crippen LogP contribution < -0.4 is 0 Å². The first-order valence-electron chi connectivity index (χ1n) is 15.9. The SMILES string of the molecule is c1ccc(-n2c3ccccc3c3cc4c5c6c7cccnc7n7c8ccccc8nc7c6ccc5n(-c5ccccc5)c4cc32)cc1. The zero-order valence-electron chi connectivity index (χ0n) is 25.2. The number of imidazole rings is 1. The zero-order chi connectivity index (χ0) is 30.6. The monoisotopic (exact) mass is 599 g/mol. The highest BCUT2D eigenvalue weighted by atomic mass is 15.1. The van der Waals surface area contributed by atoms with Crippen molar-refractivity contribution in [1.29, 1.82) is 0 Å². The number of para-hydroxylation sites is 5. The van der Waals surface area contributed by atoms with Gasteiger partial charge in [0.25, 0.3) is 0 Å². The van der Waals surface area contributed by atoms with Crippen LogP contribution in [0.4, 0.5) is 0 Å². The maximum absolute atomic E-state index is 5.19. The number of hydrogen-bond acceptors (Lipinski definition) is 2. The van der Waals surface area contributed by atoms with Gasteiger partial charge in [0, 0.05) is 55.3 Å². The minimum Gasteiger partial charge on any atom is -0.309 e. The van der Waals surface area contributed by atoms with E-state index in [9.17, 15) is 0 Å². The number of benzene rings is 6. The molecule has 0 N–H and O–H groups in total. The van der Waals surface area contributed by atoms with Crippen molar-refractivity contribution in [3.05, 3.63) is 152 Å². The van der Waals surface area contributed by atoms with E-state index in [1.54, 1.807) is 0 Å². The van der Waals surface area contributed by atoms with Gasteiger partial charge < -0.3 is 9.13 Å². The van der Waals surface area contributed by atoms with Gasteiger partial charge in [-0.2, -0.15) is 0 Å². The Hall–Kier alpha value is -6.46. The Morgan fingerprint density at radius 1 is 0.383 bits per heavy atom. The van der Waals surface area contributed by atoms with Crippen LogP contribution in [-0.4, -0.2) is 23.5 Å². The Kier molecular flexibility index (Phi) is 4.78. The van der Waals surface area contributed by atoms with Crippen LogP contribution in [0.3, 0.4) is 0 Å². The summed E-state index contributed by atoms with van der Waals surface area (Å²) in [6.07, 6.45) is 1.89. The topological polar surface area (TPSA) is 40.1 Å². The minimum atomic E-state index is 0.915. The first-order valence-corrected chi connectivity index (χ1v) is 15.9. The van der Waals surface area contributed by atoms with Gasteiger partial charge in [-0.05, 0) is 78.9 Å². The van der Waals surface area contributed by atoms with Gasteiger partial charge in [-0.15, -0.1) is 0 Å². The molecule has 47 heavy (non-hydrogen) atoms. The van der Waals surface area contributed by atoms with Gasteiger partial charge >= 0.3 is 0 Å². The quantitative estimate of drug-likeness (QED) is 0.186. The number of aromatic nitrogens is 5. The summed E-state index contributed by atoms with van der Waals surface area (Å²) in [5, 5.41) is 8.31. The summed E-state index contributed by atoms with van der Waals surface area (Å²) in [5.41, 5.74) is 10.9. The molecule has 0 aliphatic heterocycles. The molecule has 0 bridgehead atoms. The van der Waals surface area contributed by atoms with Crippen LogP contribution in [0.1, 0.15) is 0 Å². The normalized spacial score (nSPS) is 12.3. The molecule has 0 saturated carbocycles. The molecular weight excluding hydrogens is 574 g/mol. The number of hydrogen-bond donors (Lipinski definition) is 0. The summed E-state index contributed by atoms with van der Waals surface area (Å²) in [4.78, 5) is 10.2. The highest BCUT2D eigenvalue weighted by molar-refractivity contribution is 6.31. The van der Waals surface area contributed by atoms with Gasteiger partial charge in [0.05, 0.1) is 33.1 Å². The third-order valence-electron chi connectivity index (χ3n) is 9.82. The second-order valence-corrected chi connectivity index (χ2v) is 12.3. The van der Waals surface area contributed by atoms with Gasteiger partial charge in [-0.25, -0.2) is 9.97 Å². The largest absolute Gasteiger partial charge is 0.309 e. The zero-order valence-corrected chi connectivity index (χ0v) is 25.2. The summed E-state index contributed by atoms with van der Waals surface area (Å²) in [6, 6.07) is 52.1. The lowest BCUT2D eigenvalue weighted by Crippen LogP contribution is -1.96. The van der Waals surface area contributed by atoms with E-state index in [-0.39, 0.29) is 0 Å². The molecule has 11 aromatic rings. The van der Waals surface area contributed by atoms with Gasteiger partial charge in [-0.3, -0.25) is 4.40 Å². The standard InChI is InChI=1S/C42H25N5/c1-3-12-26(13-4-1)45-34-19-9-7-16-28(34)31-24-32-38(25-37(31)45)46(27-14-5-2-6-15-27)36-22-21-30-39(40(32)36)29-17-11-23-43-41(29)47-35-20-10-8-18-33(35)44-42(30)47/h1-25H. The molecule has 0 amide bonds. The fourth-order valence-corrected chi connectivity index (χ4v) is 7.94. The van der Waals surface area contributed by atoms with Crippen LogP contribution in [0.5, 0.6) is 0 Å². The minimum absolute atomic E-state index is 0.915. The van der Waals surface area contributed by atoms with E-state index in [1.165, 1.54) is 38.0 Å². The van der Waals surface area contributed by atoms with Crippen molar-refractivity contribution >= 4 is 82.1 Å². The number of nitrogens with zero attached hydrogens (tertiary/aromatic N) is 5. The molecule has 11 rings (SSSR count). The highest BCUT2D eigenvalue weighted by Gasteiger charge is 2.23. The summed E-state index contributed by atoms with van der Waals surface area (Å²) >= 11 is 0. The maximum atomic E-state index is 5.19. The van der Waals surface area contributed by atoms with E-state index in [1.807, 2.05) is 12.3 Å². The predicted molar refractivity (Wildman–Crippen MR) is 194 cm³/mol. The molecule has 0 fully saturated rings. The van der Waals surface area contributed by atoms with Crippen molar-refractivity contribution in [3.8, 4) is 11.4 Å². The molecule has 0 spiro atoms. The number of rotatable bonds is 2. The van der Waals surface area contributed by atoms with Gasteiger partial charge in [-0.1, -0.05) is 66.7 Å². The molecule has 0 atom stereocenters. The lowest BCUT2D eigenvalue weighted by molar-refractivity contribution is 1.16. The van der Waals surface area contributed by atoms with Crippen molar-refractivity contribution in [3.63, 3.8) is 0 Å². The van der Waals surface area contributed by atoms with Crippen molar-refractivity contribution in [2.75, 3.05) is 0 Å². The van der Waals surface area contributed by atoms with Crippen LogP contribution in [0.15, 0.2) is 152 Å². The summed E-state index contributed by atoms with van der Waals surface area (Å²) < 4.78 is 7.04. The Bertz CT molecular complexity index is 3060. The smallest absolute Gasteiger partial charge is 0.147 e. The van der Waals surface area contributed by atoms with Crippen LogP contribution >= 0.6 is 0 Å². The molecule has 5 aromatic heterocycles. The fourth-order valence-electron chi connectivity index (χ4n) is 7.94. The number of pyridine rings is 2. The summed E-state index contributed by atoms with van der Waals surface area (Å²) in [7, 11) is 0. The Balaban J connectivity index is 1.41. The average molecular weight is 600 g/mol. The molecule has 5 nitrogen and oxygen atoms in total. The Labute approximate surface area is 268 Å². The lowest BCUT2D eigenvalue weighted by atomic mass is 10.0. The molecule has 5 heterocycles.